The Balaban J connectivity index is 1.85. The summed E-state index contributed by atoms with van der Waals surface area (Å²) in [5.74, 6) is 0.227. The fourth-order valence-corrected chi connectivity index (χ4v) is 2.39. The van der Waals surface area contributed by atoms with Crippen LogP contribution in [0.2, 0.25) is 0 Å². The van der Waals surface area contributed by atoms with Crippen molar-refractivity contribution in [3.63, 3.8) is 0 Å². The first-order valence-electron chi connectivity index (χ1n) is 7.87. The van der Waals surface area contributed by atoms with Crippen LogP contribution in [0.5, 0.6) is 0 Å². The highest BCUT2D eigenvalue weighted by atomic mass is 16.3. The summed E-state index contributed by atoms with van der Waals surface area (Å²) in [6.07, 6.45) is 0. The molecule has 2 aromatic carbocycles. The summed E-state index contributed by atoms with van der Waals surface area (Å²) < 4.78 is 0. The van der Waals surface area contributed by atoms with Crippen LogP contribution in [-0.2, 0) is 0 Å². The molecule has 0 saturated heterocycles. The van der Waals surface area contributed by atoms with Gasteiger partial charge in [-0.1, -0.05) is 67.1 Å². The zero-order chi connectivity index (χ0) is 16.7. The fraction of sp³-hybridized carbons (Fsp3) is 0.316. The van der Waals surface area contributed by atoms with Gasteiger partial charge in [-0.25, -0.2) is 4.79 Å². The number of carbonyl (C=O) groups is 1. The Morgan fingerprint density at radius 2 is 1.70 bits per heavy atom. The van der Waals surface area contributed by atoms with Crippen molar-refractivity contribution in [1.29, 1.82) is 0 Å². The van der Waals surface area contributed by atoms with Gasteiger partial charge in [-0.2, -0.15) is 0 Å². The second-order valence-corrected chi connectivity index (χ2v) is 5.81. The number of aliphatic hydroxyl groups excluding tert-OH is 1. The van der Waals surface area contributed by atoms with Gasteiger partial charge in [-0.15, -0.1) is 0 Å². The number of carbonyl (C=O) groups excluding carboxylic acids is 1. The van der Waals surface area contributed by atoms with E-state index in [-0.39, 0.29) is 18.6 Å². The Morgan fingerprint density at radius 3 is 2.30 bits per heavy atom. The van der Waals surface area contributed by atoms with Gasteiger partial charge in [0.2, 0.25) is 0 Å². The van der Waals surface area contributed by atoms with Crippen molar-refractivity contribution in [2.45, 2.75) is 25.8 Å². The molecule has 0 fully saturated rings. The van der Waals surface area contributed by atoms with Gasteiger partial charge in [0.15, 0.2) is 0 Å². The van der Waals surface area contributed by atoms with Crippen molar-refractivity contribution in [3.8, 4) is 0 Å². The molecule has 2 aromatic rings. The number of aliphatic hydroxyl groups is 1. The second kappa shape index (κ2) is 8.34. The molecule has 2 amide bonds. The van der Waals surface area contributed by atoms with E-state index < -0.39 is 6.04 Å². The van der Waals surface area contributed by atoms with E-state index in [0.717, 1.165) is 5.56 Å². The van der Waals surface area contributed by atoms with Crippen molar-refractivity contribution in [2.75, 3.05) is 13.2 Å². The first-order valence-corrected chi connectivity index (χ1v) is 7.87. The van der Waals surface area contributed by atoms with Crippen LogP contribution in [0.3, 0.4) is 0 Å². The van der Waals surface area contributed by atoms with E-state index in [1.165, 1.54) is 11.1 Å². The van der Waals surface area contributed by atoms with Crippen molar-refractivity contribution >= 4 is 6.03 Å². The van der Waals surface area contributed by atoms with E-state index in [0.29, 0.717) is 6.54 Å². The smallest absolute Gasteiger partial charge is 0.315 e. The van der Waals surface area contributed by atoms with Crippen LogP contribution in [0.15, 0.2) is 54.6 Å². The molecule has 0 aliphatic rings. The van der Waals surface area contributed by atoms with Crippen LogP contribution in [0.4, 0.5) is 4.79 Å². The fourth-order valence-electron chi connectivity index (χ4n) is 2.39. The van der Waals surface area contributed by atoms with Gasteiger partial charge < -0.3 is 15.7 Å². The predicted molar refractivity (Wildman–Crippen MR) is 92.4 cm³/mol. The summed E-state index contributed by atoms with van der Waals surface area (Å²) in [4.78, 5) is 12.0. The maximum absolute atomic E-state index is 12.0. The number of amides is 2. The Kier molecular flexibility index (Phi) is 6.18. The van der Waals surface area contributed by atoms with Gasteiger partial charge in [0.25, 0.3) is 0 Å². The molecule has 0 saturated carbocycles. The lowest BCUT2D eigenvalue weighted by Gasteiger charge is -2.19. The molecule has 0 bridgehead atoms. The molecule has 2 unspecified atom stereocenters. The molecule has 2 rings (SSSR count). The van der Waals surface area contributed by atoms with Gasteiger partial charge in [-0.05, 0) is 24.0 Å². The summed E-state index contributed by atoms with van der Waals surface area (Å²) in [6, 6.07) is 17.1. The highest BCUT2D eigenvalue weighted by Crippen LogP contribution is 2.15. The number of urea groups is 1. The zero-order valence-electron chi connectivity index (χ0n) is 13.6. The average Bonchev–Trinajstić information content (AvgIpc) is 2.59. The molecule has 0 aromatic heterocycles. The normalized spacial score (nSPS) is 13.2. The number of rotatable bonds is 6. The van der Waals surface area contributed by atoms with Crippen LogP contribution in [0.25, 0.3) is 0 Å². The Labute approximate surface area is 137 Å². The van der Waals surface area contributed by atoms with E-state index in [1.807, 2.05) is 30.3 Å². The highest BCUT2D eigenvalue weighted by Gasteiger charge is 2.14. The van der Waals surface area contributed by atoms with Gasteiger partial charge in [0.1, 0.15) is 0 Å². The zero-order valence-corrected chi connectivity index (χ0v) is 13.6. The lowest BCUT2D eigenvalue weighted by molar-refractivity contribution is 0.216. The van der Waals surface area contributed by atoms with E-state index in [1.54, 1.807) is 0 Å². The standard InChI is InChI=1S/C19H24N2O2/c1-14-8-10-16(11-9-14)15(2)12-20-19(23)21-18(13-22)17-6-4-3-5-7-17/h3-11,15,18,22H,12-13H2,1-2H3,(H2,20,21,23). The van der Waals surface area contributed by atoms with E-state index in [4.69, 9.17) is 0 Å². The molecule has 4 nitrogen and oxygen atoms in total. The second-order valence-electron chi connectivity index (χ2n) is 5.81. The van der Waals surface area contributed by atoms with E-state index in [9.17, 15) is 9.90 Å². The topological polar surface area (TPSA) is 61.4 Å². The first kappa shape index (κ1) is 17.0. The van der Waals surface area contributed by atoms with Crippen molar-refractivity contribution in [1.82, 2.24) is 10.6 Å². The minimum atomic E-state index is -0.397. The Hall–Kier alpha value is -2.33. The summed E-state index contributed by atoms with van der Waals surface area (Å²) in [5, 5.41) is 15.1. The minimum absolute atomic E-state index is 0.134. The maximum atomic E-state index is 12.0. The largest absolute Gasteiger partial charge is 0.394 e. The molecule has 122 valence electrons. The van der Waals surface area contributed by atoms with Crippen LogP contribution in [0, 0.1) is 6.92 Å². The van der Waals surface area contributed by atoms with Gasteiger partial charge in [0, 0.05) is 6.54 Å². The van der Waals surface area contributed by atoms with Crippen LogP contribution in [0.1, 0.15) is 35.6 Å². The molecule has 3 N–H and O–H groups in total. The number of hydrogen-bond donors (Lipinski definition) is 3. The molecule has 4 heteroatoms. The first-order chi connectivity index (χ1) is 11.1. The molecule has 0 spiro atoms. The summed E-state index contributed by atoms with van der Waals surface area (Å²) in [6.45, 7) is 4.54. The SMILES string of the molecule is Cc1ccc(C(C)CNC(=O)NC(CO)c2ccccc2)cc1. The van der Waals surface area contributed by atoms with Crippen LogP contribution in [-0.4, -0.2) is 24.3 Å². The molecule has 0 radical (unpaired) electrons. The van der Waals surface area contributed by atoms with Crippen LogP contribution < -0.4 is 10.6 Å². The number of aryl methyl sites for hydroxylation is 1. The third-order valence-electron chi connectivity index (χ3n) is 3.91. The van der Waals surface area contributed by atoms with Crippen molar-refractivity contribution in [2.24, 2.45) is 0 Å². The quantitative estimate of drug-likeness (QED) is 0.767. The number of hydrogen-bond acceptors (Lipinski definition) is 2. The van der Waals surface area contributed by atoms with E-state index in [2.05, 4.69) is 48.7 Å². The molecule has 0 aliphatic heterocycles. The van der Waals surface area contributed by atoms with Crippen molar-refractivity contribution in [3.05, 3.63) is 71.3 Å². The maximum Gasteiger partial charge on any atom is 0.315 e. The Morgan fingerprint density at radius 1 is 1.04 bits per heavy atom. The van der Waals surface area contributed by atoms with Gasteiger partial charge >= 0.3 is 6.03 Å². The van der Waals surface area contributed by atoms with Crippen LogP contribution >= 0.6 is 0 Å². The molecular formula is C19H24N2O2. The predicted octanol–water partition coefficient (Wildman–Crippen LogP) is 3.13. The molecular weight excluding hydrogens is 288 g/mol. The third-order valence-corrected chi connectivity index (χ3v) is 3.91. The average molecular weight is 312 g/mol. The van der Waals surface area contributed by atoms with E-state index >= 15 is 0 Å². The van der Waals surface area contributed by atoms with Crippen molar-refractivity contribution < 1.29 is 9.90 Å². The summed E-state index contributed by atoms with van der Waals surface area (Å²) >= 11 is 0. The van der Waals surface area contributed by atoms with Gasteiger partial charge in [-0.3, -0.25) is 0 Å². The summed E-state index contributed by atoms with van der Waals surface area (Å²) in [7, 11) is 0. The van der Waals surface area contributed by atoms with Gasteiger partial charge in [0.05, 0.1) is 12.6 Å². The Bertz CT molecular complexity index is 611. The lowest BCUT2D eigenvalue weighted by Crippen LogP contribution is -2.40. The number of benzene rings is 2. The molecule has 23 heavy (non-hydrogen) atoms. The molecule has 0 heterocycles. The minimum Gasteiger partial charge on any atom is -0.394 e. The number of nitrogens with one attached hydrogen (secondary N) is 2. The summed E-state index contributed by atoms with van der Waals surface area (Å²) in [5.41, 5.74) is 3.30. The molecule has 0 aliphatic carbocycles. The highest BCUT2D eigenvalue weighted by molar-refractivity contribution is 5.74. The molecule has 2 atom stereocenters. The lowest BCUT2D eigenvalue weighted by atomic mass is 10.0. The monoisotopic (exact) mass is 312 g/mol. The third kappa shape index (κ3) is 5.11.